The van der Waals surface area contributed by atoms with Crippen LogP contribution in [-0.2, 0) is 32.8 Å². The fourth-order valence-corrected chi connectivity index (χ4v) is 4.82. The lowest BCUT2D eigenvalue weighted by Crippen LogP contribution is -2.38. The van der Waals surface area contributed by atoms with Gasteiger partial charge in [-0.25, -0.2) is 9.59 Å². The van der Waals surface area contributed by atoms with Crippen LogP contribution in [0.4, 0.5) is 32.0 Å². The maximum atomic E-state index is 12.9. The number of carbonyl (C=O) groups is 3. The average Bonchev–Trinajstić information content (AvgIpc) is 3.51. The van der Waals surface area contributed by atoms with E-state index in [-0.39, 0.29) is 11.3 Å². The third kappa shape index (κ3) is 8.93. The van der Waals surface area contributed by atoms with Crippen LogP contribution < -0.4 is 4.90 Å². The van der Waals surface area contributed by atoms with E-state index in [1.54, 1.807) is 0 Å². The smallest absolute Gasteiger partial charge is 0.475 e. The molecule has 1 atom stereocenters. The number of carboxylic acids is 2. The molecular weight excluding hydrogens is 584 g/mol. The molecule has 0 bridgehead atoms. The van der Waals surface area contributed by atoms with E-state index < -0.39 is 24.3 Å². The van der Waals surface area contributed by atoms with Crippen LogP contribution in [0.2, 0.25) is 0 Å². The van der Waals surface area contributed by atoms with Gasteiger partial charge in [-0.05, 0) is 29.7 Å². The molecule has 5 rings (SSSR count). The number of nitrogens with zero attached hydrogens (tertiary/aromatic N) is 3. The Kier molecular flexibility index (Phi) is 10.4. The van der Waals surface area contributed by atoms with Crippen LogP contribution >= 0.6 is 0 Å². The molecule has 8 nitrogen and oxygen atoms in total. The van der Waals surface area contributed by atoms with Crippen LogP contribution in [0.15, 0.2) is 79.0 Å². The first-order valence-corrected chi connectivity index (χ1v) is 12.8. The lowest BCUT2D eigenvalue weighted by molar-refractivity contribution is -0.193. The molecule has 230 valence electrons. The minimum Gasteiger partial charge on any atom is -0.475 e. The Bertz CT molecular complexity index is 1380. The van der Waals surface area contributed by atoms with Crippen molar-refractivity contribution in [2.75, 3.05) is 24.5 Å². The number of amides is 1. The van der Waals surface area contributed by atoms with Crippen molar-refractivity contribution in [3.05, 3.63) is 95.8 Å². The number of benzene rings is 2. The van der Waals surface area contributed by atoms with Crippen molar-refractivity contribution in [1.29, 1.82) is 0 Å². The second kappa shape index (κ2) is 13.6. The van der Waals surface area contributed by atoms with Gasteiger partial charge in [0.1, 0.15) is 0 Å². The van der Waals surface area contributed by atoms with E-state index in [2.05, 4.69) is 41.3 Å². The third-order valence-corrected chi connectivity index (χ3v) is 6.73. The Hall–Kier alpha value is -4.62. The lowest BCUT2D eigenvalue weighted by Gasteiger charge is -2.26. The van der Waals surface area contributed by atoms with Gasteiger partial charge >= 0.3 is 24.3 Å². The molecule has 2 aliphatic heterocycles. The largest absolute Gasteiger partial charge is 0.490 e. The highest BCUT2D eigenvalue weighted by molar-refractivity contribution is 5.79. The number of anilines is 1. The fourth-order valence-electron chi connectivity index (χ4n) is 4.82. The van der Waals surface area contributed by atoms with Gasteiger partial charge < -0.3 is 20.0 Å². The number of carbonyl (C=O) groups excluding carboxylic acids is 1. The monoisotopic (exact) mass is 611 g/mol. The van der Waals surface area contributed by atoms with Crippen LogP contribution in [0, 0.1) is 0 Å². The van der Waals surface area contributed by atoms with E-state index in [1.165, 1.54) is 11.3 Å². The molecule has 1 unspecified atom stereocenters. The SMILES string of the molecule is O=C(Cc1ccccc1)N1CCC2(C1)CN(Cc1ccccc1)c1cccnc12.O=C(O)C(F)(F)F.O=C(O)C(F)(F)F. The van der Waals surface area contributed by atoms with Crippen molar-refractivity contribution < 1.29 is 50.9 Å². The van der Waals surface area contributed by atoms with Crippen molar-refractivity contribution in [1.82, 2.24) is 9.88 Å². The van der Waals surface area contributed by atoms with E-state index >= 15 is 0 Å². The molecule has 14 heteroatoms. The first-order valence-electron chi connectivity index (χ1n) is 12.8. The van der Waals surface area contributed by atoms with Crippen LogP contribution in [0.5, 0.6) is 0 Å². The van der Waals surface area contributed by atoms with Crippen LogP contribution in [0.3, 0.4) is 0 Å². The summed E-state index contributed by atoms with van der Waals surface area (Å²) in [5, 5.41) is 14.2. The number of pyridine rings is 1. The molecule has 43 heavy (non-hydrogen) atoms. The zero-order valence-corrected chi connectivity index (χ0v) is 22.5. The summed E-state index contributed by atoms with van der Waals surface area (Å²) in [7, 11) is 0. The van der Waals surface area contributed by atoms with Gasteiger partial charge in [0.2, 0.25) is 5.91 Å². The summed E-state index contributed by atoms with van der Waals surface area (Å²) in [6.07, 6.45) is -6.83. The summed E-state index contributed by atoms with van der Waals surface area (Å²) in [5.41, 5.74) is 4.70. The Balaban J connectivity index is 0.000000303. The third-order valence-electron chi connectivity index (χ3n) is 6.73. The molecule has 1 aromatic heterocycles. The Morgan fingerprint density at radius 3 is 1.79 bits per heavy atom. The van der Waals surface area contributed by atoms with Gasteiger partial charge in [-0.15, -0.1) is 0 Å². The summed E-state index contributed by atoms with van der Waals surface area (Å²) in [6, 6.07) is 24.8. The normalized spacial score (nSPS) is 17.3. The van der Waals surface area contributed by atoms with Crippen molar-refractivity contribution in [2.45, 2.75) is 37.2 Å². The molecule has 2 aromatic carbocycles. The minimum atomic E-state index is -5.08. The number of hydrogen-bond donors (Lipinski definition) is 2. The first-order chi connectivity index (χ1) is 20.1. The molecule has 3 aromatic rings. The van der Waals surface area contributed by atoms with Gasteiger partial charge in [0.15, 0.2) is 0 Å². The number of aromatic nitrogens is 1. The number of hydrogen-bond acceptors (Lipinski definition) is 5. The number of rotatable bonds is 4. The highest BCUT2D eigenvalue weighted by Gasteiger charge is 2.49. The van der Waals surface area contributed by atoms with Gasteiger partial charge in [-0.2, -0.15) is 26.3 Å². The van der Waals surface area contributed by atoms with Gasteiger partial charge in [-0.3, -0.25) is 9.78 Å². The van der Waals surface area contributed by atoms with Gasteiger partial charge in [0, 0.05) is 32.4 Å². The van der Waals surface area contributed by atoms with Gasteiger partial charge in [0.25, 0.3) is 0 Å². The van der Waals surface area contributed by atoms with Crippen LogP contribution in [-0.4, -0.2) is 69.9 Å². The van der Waals surface area contributed by atoms with Crippen molar-refractivity contribution in [3.63, 3.8) is 0 Å². The molecule has 0 aliphatic carbocycles. The zero-order chi connectivity index (χ0) is 31.8. The molecule has 0 saturated carbocycles. The second-order valence-electron chi connectivity index (χ2n) is 9.83. The number of halogens is 6. The highest BCUT2D eigenvalue weighted by atomic mass is 19.4. The van der Waals surface area contributed by atoms with Crippen molar-refractivity contribution >= 4 is 23.5 Å². The standard InChI is InChI=1S/C25H25N3O.2C2HF3O2/c29-23(16-20-8-3-1-4-9-20)27-15-13-25(18-27)19-28(17-21-10-5-2-6-11-21)22-12-7-14-26-24(22)25;2*3-2(4,5)1(6)7/h1-12,14H,13,15-19H2;2*(H,6,7). The quantitative estimate of drug-likeness (QED) is 0.396. The van der Waals surface area contributed by atoms with E-state index in [1.807, 2.05) is 47.5 Å². The van der Waals surface area contributed by atoms with Gasteiger partial charge in [0.05, 0.1) is 23.2 Å². The first kappa shape index (κ1) is 32.9. The summed E-state index contributed by atoms with van der Waals surface area (Å²) < 4.78 is 63.5. The van der Waals surface area contributed by atoms with Crippen LogP contribution in [0.25, 0.3) is 0 Å². The number of likely N-dealkylation sites (tertiary alicyclic amines) is 1. The van der Waals surface area contributed by atoms with Gasteiger partial charge in [-0.1, -0.05) is 60.7 Å². The van der Waals surface area contributed by atoms with E-state index in [4.69, 9.17) is 24.8 Å². The van der Waals surface area contributed by atoms with E-state index in [0.717, 1.165) is 43.9 Å². The molecule has 2 N–H and O–H groups in total. The minimum absolute atomic E-state index is 0.0578. The van der Waals surface area contributed by atoms with E-state index in [9.17, 15) is 31.1 Å². The van der Waals surface area contributed by atoms with E-state index in [0.29, 0.717) is 6.42 Å². The molecule has 1 spiro atoms. The zero-order valence-electron chi connectivity index (χ0n) is 22.5. The summed E-state index contributed by atoms with van der Waals surface area (Å²) in [6.45, 7) is 3.36. The number of fused-ring (bicyclic) bond motifs is 2. The maximum Gasteiger partial charge on any atom is 0.490 e. The van der Waals surface area contributed by atoms with Crippen LogP contribution in [0.1, 0.15) is 23.2 Å². The Labute approximate surface area is 242 Å². The maximum absolute atomic E-state index is 12.9. The number of aliphatic carboxylic acids is 2. The summed E-state index contributed by atoms with van der Waals surface area (Å²) >= 11 is 0. The lowest BCUT2D eigenvalue weighted by atomic mass is 9.85. The fraction of sp³-hybridized carbons (Fsp3) is 0.310. The Morgan fingerprint density at radius 2 is 1.28 bits per heavy atom. The summed E-state index contributed by atoms with van der Waals surface area (Å²) in [5.74, 6) is -5.30. The molecule has 1 saturated heterocycles. The topological polar surface area (TPSA) is 111 Å². The molecule has 1 amide bonds. The predicted molar refractivity (Wildman–Crippen MR) is 142 cm³/mol. The molecule has 2 aliphatic rings. The predicted octanol–water partition coefficient (Wildman–Crippen LogP) is 5.08. The number of alkyl halides is 6. The molecular formula is C29H27F6N3O5. The van der Waals surface area contributed by atoms with Crippen molar-refractivity contribution in [2.24, 2.45) is 0 Å². The number of carboxylic acid groups (broad SMARTS) is 2. The Morgan fingerprint density at radius 1 is 0.767 bits per heavy atom. The molecule has 0 radical (unpaired) electrons. The molecule has 1 fully saturated rings. The highest BCUT2D eigenvalue weighted by Crippen LogP contribution is 2.45. The average molecular weight is 612 g/mol. The summed E-state index contributed by atoms with van der Waals surface area (Å²) in [4.78, 5) is 40.0. The molecule has 3 heterocycles. The second-order valence-corrected chi connectivity index (χ2v) is 9.83. The van der Waals surface area contributed by atoms with Crippen molar-refractivity contribution in [3.8, 4) is 0 Å².